The third-order valence-corrected chi connectivity index (χ3v) is 5.14. The van der Waals surface area contributed by atoms with E-state index < -0.39 is 5.54 Å². The summed E-state index contributed by atoms with van der Waals surface area (Å²) in [6.45, 7) is 0.0387. The molecule has 1 fully saturated rings. The van der Waals surface area contributed by atoms with Crippen LogP contribution in [0.15, 0.2) is 24.3 Å². The summed E-state index contributed by atoms with van der Waals surface area (Å²) in [7, 11) is 3.33. The highest BCUT2D eigenvalue weighted by Crippen LogP contribution is 2.41. The molecule has 134 valence electrons. The second kappa shape index (κ2) is 7.49. The molecule has 0 unspecified atom stereocenters. The second-order valence-electron chi connectivity index (χ2n) is 6.37. The van der Waals surface area contributed by atoms with Gasteiger partial charge in [0.05, 0.1) is 5.69 Å². The maximum atomic E-state index is 12.5. The zero-order valence-electron chi connectivity index (χ0n) is 14.5. The van der Waals surface area contributed by atoms with Crippen LogP contribution >= 0.6 is 11.6 Å². The molecule has 1 saturated carbocycles. The number of nitrogens with zero attached hydrogens (tertiary/aromatic N) is 5. The van der Waals surface area contributed by atoms with Gasteiger partial charge >= 0.3 is 0 Å². The van der Waals surface area contributed by atoms with Gasteiger partial charge in [0.25, 0.3) is 0 Å². The number of hydrogen-bond donors (Lipinski definition) is 0. The van der Waals surface area contributed by atoms with Crippen molar-refractivity contribution in [3.63, 3.8) is 0 Å². The van der Waals surface area contributed by atoms with E-state index >= 15 is 0 Å². The van der Waals surface area contributed by atoms with Crippen molar-refractivity contribution in [2.24, 2.45) is 0 Å². The third-order valence-electron chi connectivity index (χ3n) is 4.90. The number of aromatic nitrogens is 4. The lowest BCUT2D eigenvalue weighted by atomic mass is 9.79. The van der Waals surface area contributed by atoms with Crippen molar-refractivity contribution >= 4 is 17.5 Å². The molecule has 8 heteroatoms. The van der Waals surface area contributed by atoms with Gasteiger partial charge in [0.15, 0.2) is 5.82 Å². The number of carbonyl (C=O) groups is 1. The lowest BCUT2D eigenvalue weighted by Gasteiger charge is -2.43. The molecule has 0 atom stereocenters. The number of carbonyl (C=O) groups excluding carboxylic acids is 1. The Morgan fingerprint density at radius 1 is 1.36 bits per heavy atom. The SMILES string of the molecule is COCC(=O)N(C)C1(c2nnnn2-c2cccc(Cl)c2)CCCCC1. The van der Waals surface area contributed by atoms with E-state index in [9.17, 15) is 4.79 Å². The molecule has 1 heterocycles. The van der Waals surface area contributed by atoms with Crippen molar-refractivity contribution in [1.29, 1.82) is 0 Å². The highest BCUT2D eigenvalue weighted by molar-refractivity contribution is 6.30. The highest BCUT2D eigenvalue weighted by Gasteiger charge is 2.44. The van der Waals surface area contributed by atoms with Crippen LogP contribution in [0.2, 0.25) is 5.02 Å². The predicted molar refractivity (Wildman–Crippen MR) is 93.6 cm³/mol. The fourth-order valence-electron chi connectivity index (χ4n) is 3.56. The Hall–Kier alpha value is -1.99. The number of rotatable bonds is 5. The van der Waals surface area contributed by atoms with Gasteiger partial charge in [0.1, 0.15) is 12.1 Å². The molecular formula is C17H22ClN5O2. The van der Waals surface area contributed by atoms with Crippen LogP contribution in [-0.4, -0.2) is 51.8 Å². The lowest BCUT2D eigenvalue weighted by Crippen LogP contribution is -2.51. The number of halogens is 1. The Morgan fingerprint density at radius 3 is 2.80 bits per heavy atom. The van der Waals surface area contributed by atoms with Crippen LogP contribution in [0.25, 0.3) is 5.69 Å². The molecular weight excluding hydrogens is 342 g/mol. The summed E-state index contributed by atoms with van der Waals surface area (Å²) < 4.78 is 6.73. The van der Waals surface area contributed by atoms with Crippen molar-refractivity contribution in [2.45, 2.75) is 37.6 Å². The monoisotopic (exact) mass is 363 g/mol. The van der Waals surface area contributed by atoms with E-state index in [1.165, 1.54) is 7.11 Å². The first-order valence-corrected chi connectivity index (χ1v) is 8.77. The molecule has 0 N–H and O–H groups in total. The number of ether oxygens (including phenoxy) is 1. The minimum absolute atomic E-state index is 0.0387. The van der Waals surface area contributed by atoms with Gasteiger partial charge in [-0.05, 0) is 41.5 Å². The second-order valence-corrected chi connectivity index (χ2v) is 6.81. The minimum Gasteiger partial charge on any atom is -0.375 e. The Bertz CT molecular complexity index is 742. The Labute approximate surface area is 151 Å². The van der Waals surface area contributed by atoms with Gasteiger partial charge in [-0.1, -0.05) is 36.9 Å². The first-order chi connectivity index (χ1) is 12.1. The van der Waals surface area contributed by atoms with Crippen molar-refractivity contribution in [3.05, 3.63) is 35.1 Å². The van der Waals surface area contributed by atoms with Gasteiger partial charge in [-0.25, -0.2) is 0 Å². The molecule has 1 amide bonds. The topological polar surface area (TPSA) is 73.1 Å². The zero-order valence-corrected chi connectivity index (χ0v) is 15.2. The number of benzene rings is 1. The van der Waals surface area contributed by atoms with E-state index in [1.54, 1.807) is 15.6 Å². The number of likely N-dealkylation sites (N-methyl/N-ethyl adjacent to an activating group) is 1. The van der Waals surface area contributed by atoms with E-state index in [0.717, 1.165) is 37.8 Å². The van der Waals surface area contributed by atoms with Crippen molar-refractivity contribution in [3.8, 4) is 5.69 Å². The highest BCUT2D eigenvalue weighted by atomic mass is 35.5. The Morgan fingerprint density at radius 2 is 2.12 bits per heavy atom. The van der Waals surface area contributed by atoms with Crippen molar-refractivity contribution in [1.82, 2.24) is 25.1 Å². The average Bonchev–Trinajstić information content (AvgIpc) is 3.12. The first-order valence-electron chi connectivity index (χ1n) is 8.39. The number of methoxy groups -OCH3 is 1. The molecule has 1 aliphatic carbocycles. The van der Waals surface area contributed by atoms with E-state index in [4.69, 9.17) is 16.3 Å². The maximum absolute atomic E-state index is 12.5. The maximum Gasteiger partial charge on any atom is 0.249 e. The molecule has 1 aliphatic rings. The average molecular weight is 364 g/mol. The number of tetrazole rings is 1. The summed E-state index contributed by atoms with van der Waals surface area (Å²) in [5, 5.41) is 13.0. The van der Waals surface area contributed by atoms with Gasteiger partial charge in [-0.15, -0.1) is 5.10 Å². The zero-order chi connectivity index (χ0) is 17.9. The van der Waals surface area contributed by atoms with Crippen LogP contribution < -0.4 is 0 Å². The summed E-state index contributed by atoms with van der Waals surface area (Å²) in [6, 6.07) is 7.38. The quantitative estimate of drug-likeness (QED) is 0.816. The van der Waals surface area contributed by atoms with Crippen LogP contribution in [-0.2, 0) is 15.1 Å². The van der Waals surface area contributed by atoms with Crippen LogP contribution in [0, 0.1) is 0 Å². The van der Waals surface area contributed by atoms with Crippen molar-refractivity contribution in [2.75, 3.05) is 20.8 Å². The molecule has 0 radical (unpaired) electrons. The minimum atomic E-state index is -0.542. The Balaban J connectivity index is 2.06. The smallest absolute Gasteiger partial charge is 0.249 e. The predicted octanol–water partition coefficient (Wildman–Crippen LogP) is 2.58. The largest absolute Gasteiger partial charge is 0.375 e. The normalized spacial score (nSPS) is 16.6. The molecule has 0 bridgehead atoms. The summed E-state index contributed by atoms with van der Waals surface area (Å²) in [4.78, 5) is 14.3. The molecule has 2 aromatic rings. The van der Waals surface area contributed by atoms with Crippen LogP contribution in [0.5, 0.6) is 0 Å². The molecule has 25 heavy (non-hydrogen) atoms. The molecule has 0 spiro atoms. The van der Waals surface area contributed by atoms with Gasteiger partial charge in [0, 0.05) is 19.2 Å². The number of hydrogen-bond acceptors (Lipinski definition) is 5. The molecule has 1 aromatic heterocycles. The summed E-state index contributed by atoms with van der Waals surface area (Å²) >= 11 is 6.13. The summed E-state index contributed by atoms with van der Waals surface area (Å²) in [6.07, 6.45) is 4.83. The number of amides is 1. The fraction of sp³-hybridized carbons (Fsp3) is 0.529. The standard InChI is InChI=1S/C17H22ClN5O2/c1-22(15(24)12-25-2)17(9-4-3-5-10-17)16-19-20-21-23(16)14-8-6-7-13(18)11-14/h6-8,11H,3-5,9-10,12H2,1-2H3. The summed E-state index contributed by atoms with van der Waals surface area (Å²) in [5.74, 6) is 0.589. The van der Waals surface area contributed by atoms with Crippen molar-refractivity contribution < 1.29 is 9.53 Å². The van der Waals surface area contributed by atoms with Crippen LogP contribution in [0.3, 0.4) is 0 Å². The molecule has 7 nitrogen and oxygen atoms in total. The summed E-state index contributed by atoms with van der Waals surface area (Å²) in [5.41, 5.74) is 0.240. The van der Waals surface area contributed by atoms with Gasteiger partial charge < -0.3 is 9.64 Å². The molecule has 1 aromatic carbocycles. The molecule has 0 aliphatic heterocycles. The van der Waals surface area contributed by atoms with E-state index in [2.05, 4.69) is 15.5 Å². The van der Waals surface area contributed by atoms with Gasteiger partial charge in [-0.2, -0.15) is 4.68 Å². The van der Waals surface area contributed by atoms with Gasteiger partial charge in [-0.3, -0.25) is 4.79 Å². The third kappa shape index (κ3) is 3.39. The molecule has 3 rings (SSSR count). The van der Waals surface area contributed by atoms with Crippen LogP contribution in [0.1, 0.15) is 37.9 Å². The fourth-order valence-corrected chi connectivity index (χ4v) is 3.75. The van der Waals surface area contributed by atoms with E-state index in [0.29, 0.717) is 10.8 Å². The van der Waals surface area contributed by atoms with Crippen LogP contribution in [0.4, 0.5) is 0 Å². The lowest BCUT2D eigenvalue weighted by molar-refractivity contribution is -0.142. The van der Waals surface area contributed by atoms with Gasteiger partial charge in [0.2, 0.25) is 5.91 Å². The molecule has 0 saturated heterocycles. The first kappa shape index (κ1) is 17.8. The Kier molecular flexibility index (Phi) is 5.34. The van der Waals surface area contributed by atoms with E-state index in [-0.39, 0.29) is 12.5 Å². The van der Waals surface area contributed by atoms with E-state index in [1.807, 2.05) is 25.2 Å².